The summed E-state index contributed by atoms with van der Waals surface area (Å²) in [6, 6.07) is 18.6. The molecule has 1 N–H and O–H groups in total. The summed E-state index contributed by atoms with van der Waals surface area (Å²) in [4.78, 5) is 27.4. The molecule has 0 radical (unpaired) electrons. The van der Waals surface area contributed by atoms with Crippen LogP contribution in [-0.2, 0) is 15.0 Å². The van der Waals surface area contributed by atoms with E-state index in [0.29, 0.717) is 39.2 Å². The van der Waals surface area contributed by atoms with E-state index in [9.17, 15) is 9.59 Å². The number of Topliss-reactive ketones (excluding diaryl/α,β-unsaturated/α-hetero) is 1. The number of benzene rings is 3. The van der Waals surface area contributed by atoms with E-state index in [0.717, 1.165) is 16.7 Å². The average molecular weight is 492 g/mol. The average Bonchev–Trinajstić information content (AvgIpc) is 3.07. The minimum Gasteiger partial charge on any atom is -0.493 e. The lowest BCUT2D eigenvalue weighted by atomic mass is 9.61. The van der Waals surface area contributed by atoms with Crippen molar-refractivity contribution in [1.82, 2.24) is 0 Å². The van der Waals surface area contributed by atoms with Crippen LogP contribution in [0.3, 0.4) is 0 Å². The first-order valence-electron chi connectivity index (χ1n) is 11.2. The van der Waals surface area contributed by atoms with Crippen molar-refractivity contribution in [3.05, 3.63) is 99.0 Å². The highest BCUT2D eigenvalue weighted by Crippen LogP contribution is 2.54. The molecule has 1 aliphatic heterocycles. The fraction of sp³-hybridized carbons (Fsp3) is 0.214. The molecule has 0 unspecified atom stereocenters. The second kappa shape index (κ2) is 8.61. The summed E-state index contributed by atoms with van der Waals surface area (Å²) in [5.74, 6) is -0.0354. The number of hydrogen-bond donors (Lipinski definition) is 1. The number of allylic oxidation sites excluding steroid dienone is 1. The van der Waals surface area contributed by atoms with Crippen LogP contribution >= 0.6 is 23.2 Å². The zero-order valence-corrected chi connectivity index (χ0v) is 20.3. The summed E-state index contributed by atoms with van der Waals surface area (Å²) in [6.45, 7) is 4.34. The summed E-state index contributed by atoms with van der Waals surface area (Å²) in [5.41, 5.74) is 3.38. The van der Waals surface area contributed by atoms with Crippen LogP contribution < -0.4 is 10.1 Å². The van der Waals surface area contributed by atoms with Crippen molar-refractivity contribution >= 4 is 46.2 Å². The van der Waals surface area contributed by atoms with Gasteiger partial charge >= 0.3 is 0 Å². The fourth-order valence-corrected chi connectivity index (χ4v) is 5.52. The molecule has 1 amide bonds. The van der Waals surface area contributed by atoms with Crippen molar-refractivity contribution in [3.8, 4) is 5.75 Å². The number of halogens is 2. The summed E-state index contributed by atoms with van der Waals surface area (Å²) < 4.78 is 5.86. The molecule has 0 saturated carbocycles. The van der Waals surface area contributed by atoms with E-state index in [2.05, 4.69) is 5.32 Å². The number of fused-ring (bicyclic) bond motifs is 2. The van der Waals surface area contributed by atoms with Crippen LogP contribution in [0.25, 0.3) is 5.57 Å². The first-order valence-corrected chi connectivity index (χ1v) is 12.0. The van der Waals surface area contributed by atoms with E-state index in [4.69, 9.17) is 27.9 Å². The molecule has 0 bridgehead atoms. The van der Waals surface area contributed by atoms with Gasteiger partial charge in [0, 0.05) is 39.2 Å². The Labute approximate surface area is 208 Å². The summed E-state index contributed by atoms with van der Waals surface area (Å²) >= 11 is 12.6. The monoisotopic (exact) mass is 491 g/mol. The molecule has 4 nitrogen and oxygen atoms in total. The van der Waals surface area contributed by atoms with E-state index in [-0.39, 0.29) is 18.1 Å². The van der Waals surface area contributed by atoms with Gasteiger partial charge in [-0.3, -0.25) is 9.59 Å². The van der Waals surface area contributed by atoms with Gasteiger partial charge in [0.2, 0.25) is 5.91 Å². The number of amides is 1. The molecule has 3 aromatic rings. The van der Waals surface area contributed by atoms with E-state index in [1.807, 2.05) is 62.4 Å². The van der Waals surface area contributed by atoms with Crippen molar-refractivity contribution in [1.29, 1.82) is 0 Å². The van der Waals surface area contributed by atoms with Crippen LogP contribution in [-0.4, -0.2) is 18.3 Å². The van der Waals surface area contributed by atoms with Gasteiger partial charge in [0.25, 0.3) is 0 Å². The molecule has 2 aliphatic rings. The number of ether oxygens (including phenoxy) is 1. The SMILES string of the molecule is CCOc1ccc(C)cc1C1=C[C@@]2(C(=O)Nc3cc(Cl)ccc32)[C@H](c2cccc(Cl)c2)CC1=O. The first kappa shape index (κ1) is 22.7. The molecule has 5 rings (SSSR count). The maximum absolute atomic E-state index is 13.8. The van der Waals surface area contributed by atoms with Gasteiger partial charge in [0.05, 0.1) is 6.61 Å². The van der Waals surface area contributed by atoms with Crippen molar-refractivity contribution in [2.45, 2.75) is 31.6 Å². The Morgan fingerprint density at radius 2 is 1.82 bits per heavy atom. The lowest BCUT2D eigenvalue weighted by Gasteiger charge is -2.38. The second-order valence-corrected chi connectivity index (χ2v) is 9.61. The minimum atomic E-state index is -1.10. The lowest BCUT2D eigenvalue weighted by Crippen LogP contribution is -2.43. The fourth-order valence-electron chi connectivity index (χ4n) is 5.15. The first-order chi connectivity index (χ1) is 16.3. The molecule has 6 heteroatoms. The molecule has 3 aromatic carbocycles. The van der Waals surface area contributed by atoms with Crippen molar-refractivity contribution in [3.63, 3.8) is 0 Å². The normalized spacial score (nSPS) is 21.3. The van der Waals surface area contributed by atoms with Crippen LogP contribution in [0.5, 0.6) is 5.75 Å². The Morgan fingerprint density at radius 3 is 2.59 bits per heavy atom. The van der Waals surface area contributed by atoms with E-state index < -0.39 is 11.3 Å². The van der Waals surface area contributed by atoms with Crippen LogP contribution in [0.15, 0.2) is 66.7 Å². The molecule has 0 fully saturated rings. The van der Waals surface area contributed by atoms with Gasteiger partial charge in [-0.15, -0.1) is 0 Å². The highest BCUT2D eigenvalue weighted by molar-refractivity contribution is 6.31. The Hall–Kier alpha value is -3.08. The molecule has 2 atom stereocenters. The number of hydrogen-bond acceptors (Lipinski definition) is 3. The highest BCUT2D eigenvalue weighted by atomic mass is 35.5. The zero-order valence-electron chi connectivity index (χ0n) is 18.8. The third-order valence-electron chi connectivity index (χ3n) is 6.64. The van der Waals surface area contributed by atoms with Crippen LogP contribution in [0.4, 0.5) is 5.69 Å². The number of carbonyl (C=O) groups is 2. The largest absolute Gasteiger partial charge is 0.493 e. The molecule has 0 aromatic heterocycles. The van der Waals surface area contributed by atoms with Gasteiger partial charge < -0.3 is 10.1 Å². The molecule has 1 heterocycles. The second-order valence-electron chi connectivity index (χ2n) is 8.74. The van der Waals surface area contributed by atoms with Gasteiger partial charge in [-0.05, 0) is 61.4 Å². The van der Waals surface area contributed by atoms with Crippen LogP contribution in [0.1, 0.15) is 41.5 Å². The predicted molar refractivity (Wildman–Crippen MR) is 136 cm³/mol. The Morgan fingerprint density at radius 1 is 1.03 bits per heavy atom. The number of rotatable bonds is 4. The predicted octanol–water partition coefficient (Wildman–Crippen LogP) is 6.73. The van der Waals surface area contributed by atoms with Crippen molar-refractivity contribution in [2.75, 3.05) is 11.9 Å². The Balaban J connectivity index is 1.80. The third-order valence-corrected chi connectivity index (χ3v) is 7.11. The van der Waals surface area contributed by atoms with E-state index in [1.165, 1.54) is 0 Å². The summed E-state index contributed by atoms with van der Waals surface area (Å²) in [5, 5.41) is 4.10. The maximum atomic E-state index is 13.8. The Bertz CT molecular complexity index is 1360. The van der Waals surface area contributed by atoms with Gasteiger partial charge in [0.15, 0.2) is 5.78 Å². The van der Waals surface area contributed by atoms with Gasteiger partial charge in [-0.25, -0.2) is 0 Å². The number of ketones is 1. The number of carbonyl (C=O) groups excluding carboxylic acids is 2. The molecule has 0 saturated heterocycles. The Kier molecular flexibility index (Phi) is 5.75. The lowest BCUT2D eigenvalue weighted by molar-refractivity contribution is -0.121. The standard InChI is InChI=1S/C28H23Cl2NO3/c1-3-34-26-10-7-16(2)11-20(26)21-15-28(22-9-8-19(30)13-24(22)31-27(28)33)23(14-25(21)32)17-5-4-6-18(29)12-17/h4-13,15,23H,3,14H2,1-2H3,(H,31,33)/t23-,28-/m0/s1. The summed E-state index contributed by atoms with van der Waals surface area (Å²) in [6.07, 6.45) is 1.98. The van der Waals surface area contributed by atoms with Crippen LogP contribution in [0, 0.1) is 6.92 Å². The topological polar surface area (TPSA) is 55.4 Å². The molecular formula is C28H23Cl2NO3. The number of nitrogens with one attached hydrogen (secondary N) is 1. The molecule has 172 valence electrons. The van der Waals surface area contributed by atoms with Crippen molar-refractivity contribution < 1.29 is 14.3 Å². The van der Waals surface area contributed by atoms with E-state index >= 15 is 0 Å². The molecule has 34 heavy (non-hydrogen) atoms. The van der Waals surface area contributed by atoms with Gasteiger partial charge in [0.1, 0.15) is 11.2 Å². The smallest absolute Gasteiger partial charge is 0.239 e. The van der Waals surface area contributed by atoms with Crippen LogP contribution in [0.2, 0.25) is 10.0 Å². The number of aryl methyl sites for hydroxylation is 1. The van der Waals surface area contributed by atoms with Gasteiger partial charge in [-0.2, -0.15) is 0 Å². The van der Waals surface area contributed by atoms with Gasteiger partial charge in [-0.1, -0.05) is 59.1 Å². The maximum Gasteiger partial charge on any atom is 0.239 e. The highest BCUT2D eigenvalue weighted by Gasteiger charge is 2.54. The third kappa shape index (κ3) is 3.62. The summed E-state index contributed by atoms with van der Waals surface area (Å²) in [7, 11) is 0. The minimum absolute atomic E-state index is 0.0441. The quantitative estimate of drug-likeness (QED) is 0.439. The molecular weight excluding hydrogens is 469 g/mol. The molecule has 1 aliphatic carbocycles. The van der Waals surface area contributed by atoms with Crippen molar-refractivity contribution in [2.24, 2.45) is 0 Å². The van der Waals surface area contributed by atoms with E-state index in [1.54, 1.807) is 18.2 Å². The molecule has 1 spiro atoms. The number of anilines is 1. The zero-order chi connectivity index (χ0) is 24.0.